The lowest BCUT2D eigenvalue weighted by Gasteiger charge is -2.10. The summed E-state index contributed by atoms with van der Waals surface area (Å²) in [7, 11) is 0. The second-order valence-corrected chi connectivity index (χ2v) is 4.58. The van der Waals surface area contributed by atoms with Crippen molar-refractivity contribution in [2.24, 2.45) is 5.84 Å². The summed E-state index contributed by atoms with van der Waals surface area (Å²) in [4.78, 5) is 3.69. The van der Waals surface area contributed by atoms with Crippen molar-refractivity contribution in [1.82, 2.24) is 4.98 Å². The zero-order valence-electron chi connectivity index (χ0n) is 9.92. The summed E-state index contributed by atoms with van der Waals surface area (Å²) in [6.45, 7) is 0. The lowest BCUT2D eigenvalue weighted by atomic mass is 10.2. The number of anilines is 3. The van der Waals surface area contributed by atoms with Crippen molar-refractivity contribution in [1.29, 1.82) is 5.26 Å². The minimum absolute atomic E-state index is 0.190. The van der Waals surface area contributed by atoms with Gasteiger partial charge in [0.25, 0.3) is 0 Å². The number of rotatable bonds is 3. The summed E-state index contributed by atoms with van der Waals surface area (Å²) in [5, 5.41) is 11.4. The van der Waals surface area contributed by atoms with Crippen LogP contribution in [0.15, 0.2) is 28.7 Å². The molecule has 0 aliphatic rings. The minimum Gasteiger partial charge on any atom is -0.337 e. The molecule has 0 radical (unpaired) electrons. The molecule has 5 nitrogen and oxygen atoms in total. The van der Waals surface area contributed by atoms with Crippen LogP contribution in [0.1, 0.15) is 5.56 Å². The SMILES string of the molecule is N#Cc1ccc(Nc2nc(NN)c(F)cc2F)c(Br)c1. The summed E-state index contributed by atoms with van der Waals surface area (Å²) < 4.78 is 27.4. The number of hydrogen-bond donors (Lipinski definition) is 3. The predicted octanol–water partition coefficient (Wildman–Crippen LogP) is 3.02. The van der Waals surface area contributed by atoms with Crippen molar-refractivity contribution in [2.75, 3.05) is 10.7 Å². The molecule has 0 saturated carbocycles. The zero-order valence-corrected chi connectivity index (χ0v) is 11.5. The van der Waals surface area contributed by atoms with Gasteiger partial charge in [-0.15, -0.1) is 0 Å². The second-order valence-electron chi connectivity index (χ2n) is 3.72. The van der Waals surface area contributed by atoms with E-state index in [1.807, 2.05) is 11.5 Å². The summed E-state index contributed by atoms with van der Waals surface area (Å²) in [6, 6.07) is 7.33. The topological polar surface area (TPSA) is 86.8 Å². The molecule has 0 amide bonds. The Hall–Kier alpha value is -2.24. The van der Waals surface area contributed by atoms with E-state index in [9.17, 15) is 8.78 Å². The highest BCUT2D eigenvalue weighted by molar-refractivity contribution is 9.10. The van der Waals surface area contributed by atoms with Crippen LogP contribution >= 0.6 is 15.9 Å². The molecule has 2 aromatic rings. The van der Waals surface area contributed by atoms with Gasteiger partial charge in [-0.2, -0.15) is 5.26 Å². The maximum atomic E-state index is 13.6. The van der Waals surface area contributed by atoms with Gasteiger partial charge in [0, 0.05) is 10.5 Å². The van der Waals surface area contributed by atoms with Crippen LogP contribution in [-0.4, -0.2) is 4.98 Å². The van der Waals surface area contributed by atoms with Crippen molar-refractivity contribution in [3.8, 4) is 6.07 Å². The van der Waals surface area contributed by atoms with E-state index in [2.05, 4.69) is 26.2 Å². The Morgan fingerprint density at radius 1 is 1.20 bits per heavy atom. The number of nitrogens with two attached hydrogens (primary N) is 1. The van der Waals surface area contributed by atoms with E-state index in [1.165, 1.54) is 0 Å². The molecule has 0 atom stereocenters. The van der Waals surface area contributed by atoms with E-state index in [0.717, 1.165) is 0 Å². The van der Waals surface area contributed by atoms with Crippen LogP contribution in [0.3, 0.4) is 0 Å². The van der Waals surface area contributed by atoms with E-state index in [1.54, 1.807) is 18.2 Å². The number of nitriles is 1. The predicted molar refractivity (Wildman–Crippen MR) is 74.1 cm³/mol. The maximum Gasteiger partial charge on any atom is 0.178 e. The molecular weight excluding hydrogens is 332 g/mol. The number of pyridine rings is 1. The van der Waals surface area contributed by atoms with Gasteiger partial charge in [0.2, 0.25) is 0 Å². The summed E-state index contributed by atoms with van der Waals surface area (Å²) >= 11 is 3.24. The number of nitrogens with one attached hydrogen (secondary N) is 2. The average Bonchev–Trinajstić information content (AvgIpc) is 2.43. The molecule has 4 N–H and O–H groups in total. The first-order chi connectivity index (χ1) is 9.55. The third kappa shape index (κ3) is 2.84. The largest absolute Gasteiger partial charge is 0.337 e. The number of hydrogen-bond acceptors (Lipinski definition) is 5. The third-order valence-corrected chi connectivity index (χ3v) is 3.07. The lowest BCUT2D eigenvalue weighted by molar-refractivity contribution is 0.579. The Kier molecular flexibility index (Phi) is 4.12. The van der Waals surface area contributed by atoms with Crippen LogP contribution in [0.5, 0.6) is 0 Å². The highest BCUT2D eigenvalue weighted by atomic mass is 79.9. The highest BCUT2D eigenvalue weighted by Gasteiger charge is 2.12. The molecule has 0 spiro atoms. The number of hydrazine groups is 1. The van der Waals surface area contributed by atoms with E-state index >= 15 is 0 Å². The molecule has 8 heteroatoms. The van der Waals surface area contributed by atoms with Crippen LogP contribution < -0.4 is 16.6 Å². The van der Waals surface area contributed by atoms with Gasteiger partial charge >= 0.3 is 0 Å². The molecule has 1 heterocycles. The van der Waals surface area contributed by atoms with Crippen LogP contribution in [-0.2, 0) is 0 Å². The molecule has 1 aromatic heterocycles. The molecule has 102 valence electrons. The number of nitrogens with zero attached hydrogens (tertiary/aromatic N) is 2. The van der Waals surface area contributed by atoms with E-state index in [0.29, 0.717) is 21.8 Å². The Bertz CT molecular complexity index is 699. The fraction of sp³-hybridized carbons (Fsp3) is 0. The zero-order chi connectivity index (χ0) is 14.7. The van der Waals surface area contributed by atoms with Crippen molar-refractivity contribution >= 4 is 33.3 Å². The van der Waals surface area contributed by atoms with E-state index < -0.39 is 11.6 Å². The molecule has 1 aromatic carbocycles. The Labute approximate surface area is 121 Å². The fourth-order valence-electron chi connectivity index (χ4n) is 1.47. The van der Waals surface area contributed by atoms with E-state index in [-0.39, 0.29) is 11.6 Å². The van der Waals surface area contributed by atoms with Gasteiger partial charge in [-0.3, -0.25) is 0 Å². The third-order valence-electron chi connectivity index (χ3n) is 2.42. The number of aromatic nitrogens is 1. The van der Waals surface area contributed by atoms with Crippen LogP contribution in [0, 0.1) is 23.0 Å². The van der Waals surface area contributed by atoms with Gasteiger partial charge in [-0.05, 0) is 34.1 Å². The first-order valence-electron chi connectivity index (χ1n) is 5.34. The van der Waals surface area contributed by atoms with Crippen molar-refractivity contribution in [3.63, 3.8) is 0 Å². The van der Waals surface area contributed by atoms with Gasteiger partial charge in [-0.25, -0.2) is 19.6 Å². The maximum absolute atomic E-state index is 13.6. The summed E-state index contributed by atoms with van der Waals surface area (Å²) in [6.07, 6.45) is 0. The standard InChI is InChI=1S/C12H8BrF2N5/c13-7-3-6(5-16)1-2-10(7)18-11-8(14)4-9(15)12(19-11)20-17/h1-4H,17H2,(H2,18,19,20). The average molecular weight is 340 g/mol. The number of nitrogen functional groups attached to an aromatic ring is 1. The number of benzene rings is 1. The molecule has 0 bridgehead atoms. The van der Waals surface area contributed by atoms with Crippen LogP contribution in [0.25, 0.3) is 0 Å². The normalized spacial score (nSPS) is 9.95. The van der Waals surface area contributed by atoms with Crippen molar-refractivity contribution < 1.29 is 8.78 Å². The molecule has 0 unspecified atom stereocenters. The first kappa shape index (κ1) is 14.2. The molecule has 0 fully saturated rings. The fourth-order valence-corrected chi connectivity index (χ4v) is 1.95. The minimum atomic E-state index is -0.894. The Morgan fingerprint density at radius 3 is 2.50 bits per heavy atom. The quantitative estimate of drug-likeness (QED) is 0.591. The van der Waals surface area contributed by atoms with Crippen molar-refractivity contribution in [3.05, 3.63) is 45.9 Å². The highest BCUT2D eigenvalue weighted by Crippen LogP contribution is 2.28. The van der Waals surface area contributed by atoms with E-state index in [4.69, 9.17) is 11.1 Å². The van der Waals surface area contributed by atoms with Gasteiger partial charge < -0.3 is 10.7 Å². The summed E-state index contributed by atoms with van der Waals surface area (Å²) in [5.41, 5.74) is 2.95. The number of halogens is 3. The first-order valence-corrected chi connectivity index (χ1v) is 6.13. The molecule has 0 saturated heterocycles. The molecule has 0 aliphatic carbocycles. The smallest absolute Gasteiger partial charge is 0.178 e. The second kappa shape index (κ2) is 5.81. The Balaban J connectivity index is 2.37. The van der Waals surface area contributed by atoms with Gasteiger partial charge in [0.05, 0.1) is 17.3 Å². The van der Waals surface area contributed by atoms with Crippen LogP contribution in [0.2, 0.25) is 0 Å². The van der Waals surface area contributed by atoms with Gasteiger partial charge in [0.15, 0.2) is 23.3 Å². The molecular formula is C12H8BrF2N5. The van der Waals surface area contributed by atoms with Gasteiger partial charge in [0.1, 0.15) is 0 Å². The molecule has 0 aliphatic heterocycles. The van der Waals surface area contributed by atoms with Crippen molar-refractivity contribution in [2.45, 2.75) is 0 Å². The lowest BCUT2D eigenvalue weighted by Crippen LogP contribution is -2.12. The van der Waals surface area contributed by atoms with Crippen LogP contribution in [0.4, 0.5) is 26.1 Å². The Morgan fingerprint density at radius 2 is 1.90 bits per heavy atom. The molecule has 2 rings (SSSR count). The molecule has 20 heavy (non-hydrogen) atoms. The van der Waals surface area contributed by atoms with Gasteiger partial charge in [-0.1, -0.05) is 0 Å². The summed E-state index contributed by atoms with van der Waals surface area (Å²) in [5.74, 6) is 2.86. The monoisotopic (exact) mass is 339 g/mol.